The van der Waals surface area contributed by atoms with Gasteiger partial charge in [0.2, 0.25) is 16.3 Å². The average molecular weight is 1250 g/mol. The number of β-amino-alcohol motifs (C(OH)–C–C–N with tert-alkyl or cyclic N) is 3. The van der Waals surface area contributed by atoms with E-state index in [9.17, 15) is 78.9 Å². The molecule has 6 fully saturated rings. The number of aromatic nitrogens is 3. The molecule has 3 aliphatic carbocycles. The highest BCUT2D eigenvalue weighted by atomic mass is 35.5. The molecule has 3 aliphatic heterocycles. The Morgan fingerprint density at radius 3 is 1.13 bits per heavy atom. The first-order valence-electron chi connectivity index (χ1n) is 28.2. The molecule has 6 aliphatic rings. The minimum atomic E-state index is -3.38. The molecule has 0 amide bonds. The third kappa shape index (κ3) is 14.8. The number of halogens is 9. The lowest BCUT2D eigenvalue weighted by atomic mass is 10.0. The molecule has 6 aromatic rings. The van der Waals surface area contributed by atoms with Crippen molar-refractivity contribution in [2.75, 3.05) is 68.7 Å². The molecule has 12 rings (SSSR count). The van der Waals surface area contributed by atoms with E-state index in [-0.39, 0.29) is 82.5 Å². The van der Waals surface area contributed by atoms with Crippen molar-refractivity contribution < 1.29 is 78.9 Å². The fourth-order valence-corrected chi connectivity index (χ4v) is 10.6. The van der Waals surface area contributed by atoms with Crippen molar-refractivity contribution in [2.45, 2.75) is 117 Å². The molecular formula is C57H66B2ClF8N7O12. The lowest BCUT2D eigenvalue weighted by Gasteiger charge is -2.39. The Morgan fingerprint density at radius 2 is 0.862 bits per heavy atom. The number of hydrogen-bond acceptors (Lipinski definition) is 15. The van der Waals surface area contributed by atoms with Crippen molar-refractivity contribution in [3.05, 3.63) is 124 Å². The van der Waals surface area contributed by atoms with Crippen LogP contribution >= 0.6 is 12.4 Å². The summed E-state index contributed by atoms with van der Waals surface area (Å²) in [5, 5.41) is 39.4. The van der Waals surface area contributed by atoms with Gasteiger partial charge in [-0.1, -0.05) is 20.8 Å². The van der Waals surface area contributed by atoms with Gasteiger partial charge in [-0.2, -0.15) is 0 Å². The quantitative estimate of drug-likeness (QED) is 0.0558. The van der Waals surface area contributed by atoms with Crippen LogP contribution in [-0.4, -0.2) is 149 Å². The predicted molar refractivity (Wildman–Crippen MR) is 313 cm³/mol. The van der Waals surface area contributed by atoms with E-state index in [0.29, 0.717) is 52.7 Å². The molecule has 3 saturated heterocycles. The van der Waals surface area contributed by atoms with Crippen LogP contribution in [0.2, 0.25) is 0 Å². The molecule has 0 unspecified atom stereocenters. The maximum absolute atomic E-state index is 14.7. The zero-order valence-corrected chi connectivity index (χ0v) is 49.2. The predicted octanol–water partition coefficient (Wildman–Crippen LogP) is 7.43. The fraction of sp³-hybridized carbons (Fsp3) is 0.474. The third-order valence-electron chi connectivity index (χ3n) is 15.7. The number of hydrogen-bond donors (Lipinski definition) is 5. The van der Waals surface area contributed by atoms with Crippen LogP contribution in [0.3, 0.4) is 0 Å². The number of aryl methyl sites for hydroxylation is 3. The van der Waals surface area contributed by atoms with Gasteiger partial charge >= 0.3 is 32.8 Å². The number of carboxylic acids is 1. The first-order valence-corrected chi connectivity index (χ1v) is 28.2. The highest BCUT2D eigenvalue weighted by Gasteiger charge is 2.37. The number of rotatable bonds is 13. The Morgan fingerprint density at radius 1 is 0.552 bits per heavy atom. The monoisotopic (exact) mass is 1250 g/mol. The second-order valence-electron chi connectivity index (χ2n) is 21.9. The molecule has 3 aromatic carbocycles. The number of carbonyl (C=O) groups excluding carboxylic acids is 2. The Hall–Kier alpha value is -7.04. The van der Waals surface area contributed by atoms with E-state index in [0.717, 1.165) is 69.9 Å². The number of aliphatic hydroxyl groups is 3. The Bertz CT molecular complexity index is 3770. The summed E-state index contributed by atoms with van der Waals surface area (Å²) in [7, 11) is -6.72. The molecule has 3 aromatic heterocycles. The molecule has 0 spiro atoms. The molecule has 30 heteroatoms. The van der Waals surface area contributed by atoms with Crippen LogP contribution in [0.1, 0.15) is 125 Å². The largest absolute Gasteiger partial charge is 0.798 e. The van der Waals surface area contributed by atoms with Crippen LogP contribution in [-0.2, 0) is 9.31 Å². The van der Waals surface area contributed by atoms with Crippen LogP contribution in [0.25, 0.3) is 32.7 Å². The van der Waals surface area contributed by atoms with Gasteiger partial charge in [-0.3, -0.25) is 14.4 Å². The van der Waals surface area contributed by atoms with Gasteiger partial charge in [0.05, 0.1) is 46.2 Å². The zero-order chi connectivity index (χ0) is 62.9. The van der Waals surface area contributed by atoms with Crippen molar-refractivity contribution in [2.24, 2.45) is 0 Å². The van der Waals surface area contributed by atoms with Gasteiger partial charge in [-0.25, -0.2) is 49.2 Å². The third-order valence-corrected chi connectivity index (χ3v) is 15.7. The van der Waals surface area contributed by atoms with Gasteiger partial charge in [0, 0.05) is 97.7 Å². The number of aliphatic hydroxyl groups excluding tert-OH is 3. The number of fused-ring (bicyclic) bond motifs is 3. The second kappa shape index (κ2) is 28.0. The standard InChI is InChI=1S/C17H16BF3N2O4.C17H17FN2O4.C14H10BF4NO3.C6H15N.C3H7NO.ClH/c1-8-14-11(4-13(19)15(8)22-5-10(24)6-22)16(25)12(17(26)27-18(20)21)7-23(14)9-2-3-9;1-8-14-11(4-13(18)15(8)19-5-10(21)6-19)16(22)12(17(23)24)7-20(14)9-2-3-9;1-6-11(17)10(16)4-8-12(6)20(7-2-3-7)5-9(13(8)21)14(22)23-15(18)19;1-4-7(5-2)6-3;5-3-1-4-2-3;/h4,7,9-10,24H,2-3,5-6H2,1H3;4,7,9-10,21H,2-3,5-6H2,1H3,(H,23,24);4-5,7H,2-3H2,1H3;4-6H2,1-3H3;3-5H,1-2H2;1H. The van der Waals surface area contributed by atoms with Crippen molar-refractivity contribution in [3.63, 3.8) is 0 Å². The molecule has 0 bridgehead atoms. The molecule has 6 heterocycles. The van der Waals surface area contributed by atoms with Crippen molar-refractivity contribution in [3.8, 4) is 0 Å². The van der Waals surface area contributed by atoms with Gasteiger partial charge in [0.15, 0.2) is 11.6 Å². The van der Waals surface area contributed by atoms with Crippen LogP contribution in [0.4, 0.5) is 46.2 Å². The maximum Gasteiger partial charge on any atom is 0.798 e. The number of carboxylic acid groups (broad SMARTS) is 1. The van der Waals surface area contributed by atoms with E-state index in [1.807, 2.05) is 0 Å². The number of benzene rings is 3. The minimum Gasteiger partial charge on any atom is -0.477 e. The first kappa shape index (κ1) is 67.5. The van der Waals surface area contributed by atoms with Crippen LogP contribution in [0, 0.1) is 44.0 Å². The lowest BCUT2D eigenvalue weighted by molar-refractivity contribution is 0.0681. The summed E-state index contributed by atoms with van der Waals surface area (Å²) in [6.07, 6.45) is 7.50. The lowest BCUT2D eigenvalue weighted by Crippen LogP contribution is -2.51. The van der Waals surface area contributed by atoms with E-state index >= 15 is 0 Å². The Labute approximate surface area is 499 Å². The molecule has 470 valence electrons. The zero-order valence-electron chi connectivity index (χ0n) is 48.4. The summed E-state index contributed by atoms with van der Waals surface area (Å²) in [6, 6.07) is 2.90. The average Bonchev–Trinajstić information content (AvgIpc) is 1.35. The highest BCUT2D eigenvalue weighted by molar-refractivity contribution is 6.38. The van der Waals surface area contributed by atoms with E-state index < -0.39 is 95.7 Å². The summed E-state index contributed by atoms with van der Waals surface area (Å²) in [5.74, 6) is -7.78. The molecule has 5 N–H and O–H groups in total. The van der Waals surface area contributed by atoms with Gasteiger partial charge in [0.1, 0.15) is 28.3 Å². The summed E-state index contributed by atoms with van der Waals surface area (Å²) in [5.41, 5.74) is -1.04. The Kier molecular flexibility index (Phi) is 21.7. The summed E-state index contributed by atoms with van der Waals surface area (Å²) in [6.45, 7) is 17.7. The number of nitrogens with zero attached hydrogens (tertiary/aromatic N) is 6. The number of aromatic carboxylic acids is 1. The highest BCUT2D eigenvalue weighted by Crippen LogP contribution is 2.43. The molecule has 0 atom stereocenters. The smallest absolute Gasteiger partial charge is 0.477 e. The van der Waals surface area contributed by atoms with Gasteiger partial charge in [-0.15, -0.1) is 12.4 Å². The number of pyridine rings is 3. The fourth-order valence-electron chi connectivity index (χ4n) is 10.6. The van der Waals surface area contributed by atoms with Crippen molar-refractivity contribution >= 4 is 89.3 Å². The molecule has 3 saturated carbocycles. The molecule has 87 heavy (non-hydrogen) atoms. The summed E-state index contributed by atoms with van der Waals surface area (Å²) < 4.78 is 119. The Balaban J connectivity index is 0.000000169. The van der Waals surface area contributed by atoms with Crippen LogP contribution < -0.4 is 31.4 Å². The van der Waals surface area contributed by atoms with Gasteiger partial charge in [0.25, 0.3) is 0 Å². The summed E-state index contributed by atoms with van der Waals surface area (Å²) in [4.78, 5) is 78.2. The number of anilines is 2. The SMILES string of the molecule is CCN(CC)CC.Cc1c(F)c(F)cc2c(=O)c(C(=O)OB(F)F)cn(C3CC3)c12.Cc1c(N2CC(O)C2)c(F)cc2c(=O)c(C(=O)O)cn(C3CC3)c12.Cc1c(N2CC(O)C2)c(F)cc2c(=O)c(C(=O)OB(F)F)cn(C3CC3)c12.Cl.OC1CNC1. The van der Waals surface area contributed by atoms with Crippen molar-refractivity contribution in [1.82, 2.24) is 23.9 Å². The van der Waals surface area contributed by atoms with E-state index in [1.54, 1.807) is 32.8 Å². The van der Waals surface area contributed by atoms with E-state index in [2.05, 4.69) is 40.3 Å². The maximum atomic E-state index is 14.7. The summed E-state index contributed by atoms with van der Waals surface area (Å²) >= 11 is 0. The van der Waals surface area contributed by atoms with Crippen LogP contribution in [0.5, 0.6) is 0 Å². The van der Waals surface area contributed by atoms with E-state index in [1.165, 1.54) is 43.5 Å². The van der Waals surface area contributed by atoms with Crippen LogP contribution in [0.15, 0.2) is 51.2 Å². The number of carbonyl (C=O) groups is 3. The molecule has 0 radical (unpaired) electrons. The van der Waals surface area contributed by atoms with Gasteiger partial charge in [-0.05, 0) is 108 Å². The van der Waals surface area contributed by atoms with Crippen molar-refractivity contribution in [1.29, 1.82) is 0 Å². The second-order valence-corrected chi connectivity index (χ2v) is 21.9. The number of nitrogens with one attached hydrogen (secondary N) is 1. The molecular weight excluding hydrogens is 1180 g/mol. The van der Waals surface area contributed by atoms with Gasteiger partial charge < -0.3 is 63.5 Å². The molecule has 19 nitrogen and oxygen atoms in total. The first-order chi connectivity index (χ1) is 40.7. The normalized spacial score (nSPS) is 16.3. The minimum absolute atomic E-state index is 0. The van der Waals surface area contributed by atoms with E-state index in [4.69, 9.17) is 5.11 Å². The topological polar surface area (TPSA) is 238 Å².